The van der Waals surface area contributed by atoms with Crippen LogP contribution in [0.2, 0.25) is 0 Å². The summed E-state index contributed by atoms with van der Waals surface area (Å²) in [5.41, 5.74) is 0. The van der Waals surface area contributed by atoms with Gasteiger partial charge < -0.3 is 5.32 Å². The van der Waals surface area contributed by atoms with Crippen molar-refractivity contribution < 1.29 is 4.79 Å². The molecular weight excluding hydrogens is 368 g/mol. The first-order valence-corrected chi connectivity index (χ1v) is 9.26. The molecule has 11 heavy (non-hydrogen) atoms. The molecule has 0 aliphatic rings. The van der Waals surface area contributed by atoms with E-state index in [0.717, 1.165) is 0 Å². The van der Waals surface area contributed by atoms with E-state index >= 15 is 0 Å². The molecule has 1 N–H and O–H groups in total. The number of hydrogen-bond donors (Lipinski definition) is 1. The lowest BCUT2D eigenvalue weighted by Crippen LogP contribution is -2.23. The summed E-state index contributed by atoms with van der Waals surface area (Å²) >= 11 is 4.24. The molecule has 2 nitrogen and oxygen atoms in total. The Balaban J connectivity index is -0.000000196. The van der Waals surface area contributed by atoms with E-state index in [1.54, 1.807) is 6.92 Å². The zero-order valence-electron chi connectivity index (χ0n) is 6.45. The van der Waals surface area contributed by atoms with Gasteiger partial charge in [-0.2, -0.15) is 0 Å². The standard InChI is InChI=1S/C6H13NO.CH4.I2/c1-5(7-3)4-6(2)8;;1-2/h5,7H,4H2,1-3H3;1H4;. The second-order valence-corrected chi connectivity index (χ2v) is 2.10. The van der Waals surface area contributed by atoms with Crippen LogP contribution in [0.1, 0.15) is 27.7 Å². The first-order valence-electron chi connectivity index (χ1n) is 2.97. The smallest absolute Gasteiger partial charge is 0.131 e. The second kappa shape index (κ2) is 13.7. The van der Waals surface area contributed by atoms with Gasteiger partial charge in [0.25, 0.3) is 0 Å². The average molecular weight is 385 g/mol. The largest absolute Gasteiger partial charge is 0.317 e. The van der Waals surface area contributed by atoms with Gasteiger partial charge in [-0.15, -0.1) is 0 Å². The van der Waals surface area contributed by atoms with Crippen molar-refractivity contribution in [1.29, 1.82) is 0 Å². The van der Waals surface area contributed by atoms with Crippen molar-refractivity contribution in [3.8, 4) is 0 Å². The van der Waals surface area contributed by atoms with E-state index < -0.39 is 0 Å². The summed E-state index contributed by atoms with van der Waals surface area (Å²) in [5.74, 6) is 0.242. The van der Waals surface area contributed by atoms with E-state index in [9.17, 15) is 4.79 Å². The molecule has 0 radical (unpaired) electrons. The van der Waals surface area contributed by atoms with Crippen LogP contribution in [0.5, 0.6) is 0 Å². The Labute approximate surface area is 93.2 Å². The highest BCUT2D eigenvalue weighted by Gasteiger charge is 1.99. The normalized spacial score (nSPS) is 10.3. The van der Waals surface area contributed by atoms with Crippen molar-refractivity contribution in [3.05, 3.63) is 0 Å². The van der Waals surface area contributed by atoms with Gasteiger partial charge in [-0.25, -0.2) is 0 Å². The molecule has 4 heteroatoms. The minimum atomic E-state index is 0. The highest BCUT2D eigenvalue weighted by atomic mass is 128. The summed E-state index contributed by atoms with van der Waals surface area (Å²) in [6.07, 6.45) is 0.635. The molecule has 0 amide bonds. The van der Waals surface area contributed by atoms with Gasteiger partial charge in [0, 0.05) is 49.7 Å². The lowest BCUT2D eigenvalue weighted by atomic mass is 10.2. The van der Waals surface area contributed by atoms with E-state index in [1.807, 2.05) is 14.0 Å². The Morgan fingerprint density at radius 1 is 1.55 bits per heavy atom. The highest BCUT2D eigenvalue weighted by molar-refractivity contribution is 15.0. The predicted octanol–water partition coefficient (Wildman–Crippen LogP) is 2.98. The molecule has 0 aliphatic heterocycles. The number of hydrogen-bond acceptors (Lipinski definition) is 2. The maximum atomic E-state index is 10.4. The fraction of sp³-hybridized carbons (Fsp3) is 0.857. The van der Waals surface area contributed by atoms with Crippen LogP contribution in [0.4, 0.5) is 0 Å². The van der Waals surface area contributed by atoms with Gasteiger partial charge in [0.2, 0.25) is 0 Å². The molecule has 0 fully saturated rings. The van der Waals surface area contributed by atoms with Gasteiger partial charge in [-0.1, -0.05) is 7.43 Å². The van der Waals surface area contributed by atoms with E-state index in [4.69, 9.17) is 0 Å². The number of rotatable bonds is 3. The Morgan fingerprint density at radius 3 is 2.00 bits per heavy atom. The zero-order chi connectivity index (χ0) is 8.57. The Kier molecular flexibility index (Phi) is 22.4. The third-order valence-corrected chi connectivity index (χ3v) is 1.09. The summed E-state index contributed by atoms with van der Waals surface area (Å²) in [7, 11) is 1.85. The number of nitrogens with one attached hydrogen (secondary N) is 1. The quantitative estimate of drug-likeness (QED) is 0.758. The number of carbonyl (C=O) groups excluding carboxylic acids is 1. The lowest BCUT2D eigenvalue weighted by Gasteiger charge is -2.04. The molecular formula is C7H17I2NO. The molecule has 0 bridgehead atoms. The Hall–Kier alpha value is 1.09. The fourth-order valence-corrected chi connectivity index (χ4v) is 0.533. The molecule has 0 spiro atoms. The van der Waals surface area contributed by atoms with Crippen LogP contribution in [-0.4, -0.2) is 18.9 Å². The fourth-order valence-electron chi connectivity index (χ4n) is 0.533. The van der Waals surface area contributed by atoms with E-state index in [2.05, 4.69) is 42.5 Å². The monoisotopic (exact) mass is 385 g/mol. The topological polar surface area (TPSA) is 29.1 Å². The van der Waals surface area contributed by atoms with Gasteiger partial charge in [-0.3, -0.25) is 4.79 Å². The maximum absolute atomic E-state index is 10.4. The van der Waals surface area contributed by atoms with Gasteiger partial charge in [0.15, 0.2) is 0 Å². The third-order valence-electron chi connectivity index (χ3n) is 1.09. The molecule has 0 aromatic rings. The summed E-state index contributed by atoms with van der Waals surface area (Å²) in [4.78, 5) is 10.4. The van der Waals surface area contributed by atoms with E-state index in [0.29, 0.717) is 12.5 Å². The second-order valence-electron chi connectivity index (χ2n) is 2.10. The van der Waals surface area contributed by atoms with Gasteiger partial charge in [-0.05, 0) is 20.9 Å². The van der Waals surface area contributed by atoms with Gasteiger partial charge in [0.05, 0.1) is 0 Å². The Bertz CT molecular complexity index is 88.5. The molecule has 1 unspecified atom stereocenters. The number of carbonyl (C=O) groups is 1. The molecule has 0 saturated carbocycles. The Morgan fingerprint density at radius 2 is 1.91 bits per heavy atom. The predicted molar refractivity (Wildman–Crippen MR) is 68.6 cm³/mol. The first kappa shape index (κ1) is 18.0. The SMILES string of the molecule is C.CNC(C)CC(C)=O.II. The average Bonchev–Trinajstić information content (AvgIpc) is 1.91. The van der Waals surface area contributed by atoms with E-state index in [-0.39, 0.29) is 13.2 Å². The highest BCUT2D eigenvalue weighted by Crippen LogP contribution is 1.89. The van der Waals surface area contributed by atoms with Crippen LogP contribution in [-0.2, 0) is 4.79 Å². The van der Waals surface area contributed by atoms with Crippen LogP contribution in [0.3, 0.4) is 0 Å². The minimum absolute atomic E-state index is 0. The molecule has 0 rings (SSSR count). The molecule has 70 valence electrons. The van der Waals surface area contributed by atoms with Crippen LogP contribution in [0, 0.1) is 0 Å². The number of Topliss-reactive ketones (excluding diaryl/α,β-unsaturated/α-hetero) is 1. The molecule has 0 saturated heterocycles. The van der Waals surface area contributed by atoms with Crippen LogP contribution < -0.4 is 5.32 Å². The third kappa shape index (κ3) is 18.2. The number of halogens is 2. The summed E-state index contributed by atoms with van der Waals surface area (Å²) < 4.78 is 0. The van der Waals surface area contributed by atoms with Crippen molar-refractivity contribution in [1.82, 2.24) is 5.32 Å². The van der Waals surface area contributed by atoms with Gasteiger partial charge in [0.1, 0.15) is 5.78 Å². The van der Waals surface area contributed by atoms with Crippen molar-refractivity contribution in [2.75, 3.05) is 7.05 Å². The minimum Gasteiger partial charge on any atom is -0.317 e. The summed E-state index contributed by atoms with van der Waals surface area (Å²) in [6.45, 7) is 3.59. The zero-order valence-corrected chi connectivity index (χ0v) is 10.8. The molecule has 0 aromatic carbocycles. The number of ketones is 1. The lowest BCUT2D eigenvalue weighted by molar-refractivity contribution is -0.117. The molecule has 1 atom stereocenters. The maximum Gasteiger partial charge on any atom is 0.131 e. The van der Waals surface area contributed by atoms with E-state index in [1.165, 1.54) is 0 Å². The van der Waals surface area contributed by atoms with Crippen molar-refractivity contribution in [2.45, 2.75) is 33.7 Å². The summed E-state index contributed by atoms with van der Waals surface area (Å²) in [6, 6.07) is 0.326. The molecule has 0 heterocycles. The molecule has 0 aromatic heterocycles. The van der Waals surface area contributed by atoms with Crippen molar-refractivity contribution >= 4 is 43.0 Å². The van der Waals surface area contributed by atoms with Gasteiger partial charge >= 0.3 is 0 Å². The molecule has 0 aliphatic carbocycles. The van der Waals surface area contributed by atoms with Crippen LogP contribution in [0.15, 0.2) is 0 Å². The summed E-state index contributed by atoms with van der Waals surface area (Å²) in [5, 5.41) is 2.98. The van der Waals surface area contributed by atoms with Crippen LogP contribution in [0.25, 0.3) is 0 Å². The van der Waals surface area contributed by atoms with Crippen molar-refractivity contribution in [2.24, 2.45) is 0 Å². The van der Waals surface area contributed by atoms with Crippen molar-refractivity contribution in [3.63, 3.8) is 0 Å². The first-order chi connectivity index (χ1) is 4.66. The van der Waals surface area contributed by atoms with Crippen LogP contribution >= 0.6 is 37.2 Å².